The van der Waals surface area contributed by atoms with E-state index in [0.717, 1.165) is 16.7 Å². The summed E-state index contributed by atoms with van der Waals surface area (Å²) in [6.07, 6.45) is -2.83. The number of amides is 1. The van der Waals surface area contributed by atoms with Crippen molar-refractivity contribution < 1.29 is 41.8 Å². The normalized spacial score (nSPS) is 18.4. The predicted octanol–water partition coefficient (Wildman–Crippen LogP) is 8.00. The van der Waals surface area contributed by atoms with Crippen LogP contribution in [-0.4, -0.2) is 79.5 Å². The molecule has 2 aromatic heterocycles. The van der Waals surface area contributed by atoms with Gasteiger partial charge in [0.15, 0.2) is 31.8 Å². The zero-order valence-corrected chi connectivity index (χ0v) is 38.3. The Bertz CT molecular complexity index is 2380. The van der Waals surface area contributed by atoms with Crippen LogP contribution in [-0.2, 0) is 37.9 Å². The number of hydrogen-bond acceptors (Lipinski definition) is 13. The third kappa shape index (κ3) is 9.82. The van der Waals surface area contributed by atoms with Gasteiger partial charge < -0.3 is 23.4 Å². The fraction of sp³-hybridized carbons (Fsp3) is 0.432. The molecule has 5 atom stereocenters. The molecular formula is C44H54N6O10PSi+. The maximum absolute atomic E-state index is 13.6. The maximum atomic E-state index is 13.6. The molecule has 18 heteroatoms. The van der Waals surface area contributed by atoms with Crippen molar-refractivity contribution in [2.24, 2.45) is 5.92 Å². The Hall–Kier alpha value is -5.31. The highest BCUT2D eigenvalue weighted by Gasteiger charge is 2.56. The summed E-state index contributed by atoms with van der Waals surface area (Å²) in [7, 11) is -2.33. The summed E-state index contributed by atoms with van der Waals surface area (Å²) in [4.78, 5) is 37.6. The molecule has 1 aliphatic rings. The Kier molecular flexibility index (Phi) is 14.4. The molecule has 1 amide bonds. The van der Waals surface area contributed by atoms with Crippen LogP contribution in [0.1, 0.15) is 64.0 Å². The molecule has 16 nitrogen and oxygen atoms in total. The van der Waals surface area contributed by atoms with Gasteiger partial charge in [-0.3, -0.25) is 24.5 Å². The minimum atomic E-state index is -2.84. The van der Waals surface area contributed by atoms with E-state index < -0.39 is 58.2 Å². The second-order valence-corrected chi connectivity index (χ2v) is 22.3. The lowest BCUT2D eigenvalue weighted by atomic mass is 9.80. The first-order valence-corrected chi connectivity index (χ1v) is 24.3. The lowest BCUT2D eigenvalue weighted by Crippen LogP contribution is -2.50. The topological polar surface area (TPSA) is 198 Å². The maximum Gasteiger partial charge on any atom is 0.697 e. The van der Waals surface area contributed by atoms with Crippen molar-refractivity contribution >= 4 is 39.6 Å². The number of carbonyl (C=O) groups is 1. The first-order chi connectivity index (χ1) is 29.5. The van der Waals surface area contributed by atoms with Crippen LogP contribution >= 0.6 is 8.25 Å². The van der Waals surface area contributed by atoms with E-state index in [1.54, 1.807) is 28.1 Å². The average molecular weight is 886 g/mol. The molecule has 62 heavy (non-hydrogen) atoms. The predicted molar refractivity (Wildman–Crippen MR) is 235 cm³/mol. The van der Waals surface area contributed by atoms with E-state index in [1.165, 1.54) is 10.9 Å². The number of hydrogen-bond donors (Lipinski definition) is 2. The van der Waals surface area contributed by atoms with Gasteiger partial charge in [0.1, 0.15) is 35.9 Å². The summed E-state index contributed by atoms with van der Waals surface area (Å²) in [5, 5.41) is 11.5. The monoisotopic (exact) mass is 885 g/mol. The van der Waals surface area contributed by atoms with Crippen molar-refractivity contribution in [1.82, 2.24) is 19.5 Å². The highest BCUT2D eigenvalue weighted by Crippen LogP contribution is 2.47. The Morgan fingerprint density at radius 1 is 0.968 bits per heavy atom. The van der Waals surface area contributed by atoms with E-state index in [2.05, 4.69) is 54.1 Å². The molecule has 6 rings (SSSR count). The van der Waals surface area contributed by atoms with Gasteiger partial charge in [0.2, 0.25) is 11.9 Å². The van der Waals surface area contributed by atoms with Crippen molar-refractivity contribution in [3.63, 3.8) is 0 Å². The number of nitrogens with zero attached hydrogens (tertiary/aromatic N) is 4. The largest absolute Gasteiger partial charge is 0.697 e. The van der Waals surface area contributed by atoms with Gasteiger partial charge in [0.05, 0.1) is 39.6 Å². The van der Waals surface area contributed by atoms with E-state index in [9.17, 15) is 14.2 Å². The molecule has 1 unspecified atom stereocenters. The number of anilines is 1. The molecule has 1 aliphatic heterocycles. The molecule has 0 bridgehead atoms. The molecule has 3 aromatic carbocycles. The molecule has 0 saturated carbocycles. The van der Waals surface area contributed by atoms with Gasteiger partial charge in [0.25, 0.3) is 5.56 Å². The summed E-state index contributed by atoms with van der Waals surface area (Å²) >= 11 is 0. The highest BCUT2D eigenvalue weighted by molar-refractivity contribution is 7.33. The van der Waals surface area contributed by atoms with E-state index in [-0.39, 0.29) is 47.7 Å². The van der Waals surface area contributed by atoms with E-state index in [4.69, 9.17) is 37.7 Å². The quantitative estimate of drug-likeness (QED) is 0.0372. The van der Waals surface area contributed by atoms with Gasteiger partial charge in [0, 0.05) is 10.5 Å². The Balaban J connectivity index is 1.52. The number of carbonyl (C=O) groups excluding carboxylic acids is 1. The summed E-state index contributed by atoms with van der Waals surface area (Å²) in [6.45, 7) is 13.6. The summed E-state index contributed by atoms with van der Waals surface area (Å²) < 4.78 is 59.4. The van der Waals surface area contributed by atoms with Gasteiger partial charge in [-0.25, -0.2) is 4.98 Å². The third-order valence-corrected chi connectivity index (χ3v) is 16.5. The van der Waals surface area contributed by atoms with Crippen molar-refractivity contribution in [2.45, 2.75) is 89.3 Å². The molecule has 0 aliphatic carbocycles. The number of imidazole rings is 1. The van der Waals surface area contributed by atoms with Gasteiger partial charge in [-0.15, -0.1) is 9.05 Å². The van der Waals surface area contributed by atoms with Crippen LogP contribution in [0.15, 0.2) is 90.0 Å². The standard InChI is InChI=1S/C44H53N6O10PSi/c1-28(2)39(51)48-42-47-38-35(40(52)49-42)46-27-50(38)41-37(59-61(53)57-25-13-24-45)36(60-62(8,9)43(3,4)5)34(58-41)26-56-44(29-14-11-10-12-15-29,30-16-20-32(54-6)21-17-30)31-18-22-33(55-7)23-19-31/h10-12,14-23,27-28,34,36-37,41H,13,25-26H2,1-9H3,(H-,47,48,49,51,52)/p+1/t34-,36+,37+,41-/m1/s1. The molecule has 1 fully saturated rings. The first kappa shape index (κ1) is 46.2. The van der Waals surface area contributed by atoms with Gasteiger partial charge in [-0.1, -0.05) is 89.2 Å². The summed E-state index contributed by atoms with van der Waals surface area (Å²) in [5.41, 5.74) is 0.567. The van der Waals surface area contributed by atoms with Crippen LogP contribution < -0.4 is 20.3 Å². The smallest absolute Gasteiger partial charge is 0.497 e. The van der Waals surface area contributed by atoms with Gasteiger partial charge in [-0.2, -0.15) is 10.2 Å². The van der Waals surface area contributed by atoms with Crippen molar-refractivity contribution in [2.75, 3.05) is 32.8 Å². The number of aromatic nitrogens is 4. The molecule has 2 N–H and O–H groups in total. The van der Waals surface area contributed by atoms with Crippen LogP contribution in [0.5, 0.6) is 11.5 Å². The van der Waals surface area contributed by atoms with Crippen LogP contribution in [0.3, 0.4) is 0 Å². The molecule has 1 saturated heterocycles. The fourth-order valence-electron chi connectivity index (χ4n) is 6.85. The lowest BCUT2D eigenvalue weighted by molar-refractivity contribution is -0.118. The van der Waals surface area contributed by atoms with Crippen molar-refractivity contribution in [3.8, 4) is 17.6 Å². The minimum absolute atomic E-state index is 0.0165. The van der Waals surface area contributed by atoms with Crippen molar-refractivity contribution in [1.29, 1.82) is 5.26 Å². The van der Waals surface area contributed by atoms with Crippen LogP contribution in [0, 0.1) is 17.2 Å². The van der Waals surface area contributed by atoms with E-state index in [1.807, 2.05) is 84.9 Å². The number of methoxy groups -OCH3 is 2. The lowest BCUT2D eigenvalue weighted by Gasteiger charge is -2.41. The number of ether oxygens (including phenoxy) is 4. The van der Waals surface area contributed by atoms with E-state index in [0.29, 0.717) is 11.5 Å². The van der Waals surface area contributed by atoms with Crippen molar-refractivity contribution in [3.05, 3.63) is 112 Å². The van der Waals surface area contributed by atoms with Crippen LogP contribution in [0.4, 0.5) is 5.95 Å². The molecule has 328 valence electrons. The minimum Gasteiger partial charge on any atom is -0.497 e. The molecule has 3 heterocycles. The zero-order chi connectivity index (χ0) is 44.8. The molecular weight excluding hydrogens is 832 g/mol. The fourth-order valence-corrected chi connectivity index (χ4v) is 8.89. The number of nitrogens with one attached hydrogen (secondary N) is 2. The number of H-pyrrole nitrogens is 1. The summed E-state index contributed by atoms with van der Waals surface area (Å²) in [6, 6.07) is 27.0. The SMILES string of the molecule is COc1ccc(C(OC[C@H]2O[C@@H](n3cnc4c(=O)[nH]c(NC(=O)C(C)C)nc43)[C@@H](O[P+](=O)OCCC#N)[C@H]2O[Si](C)(C)C(C)(C)C)(c2ccccc2)c2ccc(OC)cc2)cc1. The summed E-state index contributed by atoms with van der Waals surface area (Å²) in [5.74, 6) is 0.465. The van der Waals surface area contributed by atoms with Gasteiger partial charge in [-0.05, 0) is 59.1 Å². The highest BCUT2D eigenvalue weighted by atomic mass is 31.1. The Labute approximate surface area is 362 Å². The number of nitriles is 1. The first-order valence-electron chi connectivity index (χ1n) is 20.3. The molecule has 0 spiro atoms. The van der Waals surface area contributed by atoms with E-state index >= 15 is 0 Å². The molecule has 5 aromatic rings. The molecule has 0 radical (unpaired) electrons. The number of rotatable bonds is 18. The van der Waals surface area contributed by atoms with Gasteiger partial charge >= 0.3 is 8.25 Å². The van der Waals surface area contributed by atoms with Crippen LogP contribution in [0.25, 0.3) is 11.2 Å². The average Bonchev–Trinajstić information content (AvgIpc) is 3.82. The second-order valence-electron chi connectivity index (χ2n) is 16.6. The number of benzene rings is 3. The Morgan fingerprint density at radius 2 is 1.56 bits per heavy atom. The number of aromatic amines is 1. The van der Waals surface area contributed by atoms with Crippen LogP contribution in [0.2, 0.25) is 18.1 Å². The number of fused-ring (bicyclic) bond motifs is 1. The zero-order valence-electron chi connectivity index (χ0n) is 36.4. The Morgan fingerprint density at radius 3 is 2.11 bits per heavy atom. The second kappa shape index (κ2) is 19.4. The third-order valence-electron chi connectivity index (χ3n) is 11.3.